The number of aromatic nitrogens is 4. The van der Waals surface area contributed by atoms with Crippen molar-refractivity contribution in [1.82, 2.24) is 19.9 Å². The number of nitrogens with zero attached hydrogens (tertiary/aromatic N) is 4. The van der Waals surface area contributed by atoms with E-state index >= 15 is 0 Å². The smallest absolute Gasteiger partial charge is 0.160 e. The zero-order valence-electron chi connectivity index (χ0n) is 11.6. The van der Waals surface area contributed by atoms with Gasteiger partial charge in [0.25, 0.3) is 0 Å². The van der Waals surface area contributed by atoms with Crippen LogP contribution in [-0.2, 0) is 0 Å². The highest BCUT2D eigenvalue weighted by Crippen LogP contribution is 2.32. The van der Waals surface area contributed by atoms with E-state index in [1.165, 1.54) is 0 Å². The van der Waals surface area contributed by atoms with E-state index in [4.69, 9.17) is 9.97 Å². The first-order valence-electron chi connectivity index (χ1n) is 7.09. The first kappa shape index (κ1) is 11.5. The lowest BCUT2D eigenvalue weighted by Gasteiger charge is -2.09. The van der Waals surface area contributed by atoms with E-state index in [0.717, 1.165) is 44.2 Å². The molecule has 0 fully saturated rings. The maximum absolute atomic E-state index is 4.73. The average molecular weight is 282 g/mol. The Labute approximate surface area is 125 Å². The molecule has 5 aromatic rings. The Morgan fingerprint density at radius 3 is 1.73 bits per heavy atom. The van der Waals surface area contributed by atoms with E-state index < -0.39 is 0 Å². The summed E-state index contributed by atoms with van der Waals surface area (Å²) in [5, 5.41) is 2.08. The van der Waals surface area contributed by atoms with Gasteiger partial charge in [-0.2, -0.15) is 0 Å². The minimum Gasteiger partial charge on any atom is -0.236 e. The van der Waals surface area contributed by atoms with Gasteiger partial charge < -0.3 is 0 Å². The number of hydrogen-bond acceptors (Lipinski definition) is 4. The summed E-state index contributed by atoms with van der Waals surface area (Å²) in [6, 6.07) is 18.0. The van der Waals surface area contributed by atoms with Gasteiger partial charge in [0.15, 0.2) is 5.82 Å². The maximum atomic E-state index is 4.73. The molecule has 0 saturated carbocycles. The van der Waals surface area contributed by atoms with Gasteiger partial charge in [-0.1, -0.05) is 30.3 Å². The average Bonchev–Trinajstić information content (AvgIpc) is 2.60. The Hall–Kier alpha value is -3.14. The fourth-order valence-corrected chi connectivity index (χ4v) is 2.95. The molecule has 0 aliphatic carbocycles. The zero-order chi connectivity index (χ0) is 14.5. The van der Waals surface area contributed by atoms with Crippen molar-refractivity contribution in [2.75, 3.05) is 0 Å². The van der Waals surface area contributed by atoms with Crippen LogP contribution in [0.4, 0.5) is 0 Å². The molecule has 0 aliphatic rings. The monoisotopic (exact) mass is 282 g/mol. The Balaban J connectivity index is 1.95. The van der Waals surface area contributed by atoms with Crippen LogP contribution in [0.1, 0.15) is 0 Å². The largest absolute Gasteiger partial charge is 0.236 e. The summed E-state index contributed by atoms with van der Waals surface area (Å²) < 4.78 is 0. The minimum absolute atomic E-state index is 0.743. The van der Waals surface area contributed by atoms with Crippen LogP contribution in [0.25, 0.3) is 44.2 Å². The van der Waals surface area contributed by atoms with Gasteiger partial charge in [0.1, 0.15) is 6.33 Å². The molecule has 22 heavy (non-hydrogen) atoms. The van der Waals surface area contributed by atoms with Crippen molar-refractivity contribution in [2.24, 2.45) is 0 Å². The van der Waals surface area contributed by atoms with E-state index in [-0.39, 0.29) is 0 Å². The molecule has 4 heteroatoms. The molecule has 0 N–H and O–H groups in total. The Bertz CT molecular complexity index is 1060. The van der Waals surface area contributed by atoms with Crippen molar-refractivity contribution < 1.29 is 0 Å². The predicted octanol–water partition coefficient (Wildman–Crippen LogP) is 3.83. The van der Waals surface area contributed by atoms with Gasteiger partial charge in [0.2, 0.25) is 0 Å². The summed E-state index contributed by atoms with van der Waals surface area (Å²) in [7, 11) is 0. The van der Waals surface area contributed by atoms with Gasteiger partial charge in [0, 0.05) is 16.3 Å². The van der Waals surface area contributed by atoms with Crippen molar-refractivity contribution in [3.63, 3.8) is 0 Å². The second-order valence-electron chi connectivity index (χ2n) is 5.24. The molecule has 0 amide bonds. The van der Waals surface area contributed by atoms with Crippen LogP contribution in [0.3, 0.4) is 0 Å². The third-order valence-corrected chi connectivity index (χ3v) is 3.95. The van der Waals surface area contributed by atoms with E-state index in [2.05, 4.69) is 9.97 Å². The zero-order valence-corrected chi connectivity index (χ0v) is 11.6. The summed E-state index contributed by atoms with van der Waals surface area (Å²) in [4.78, 5) is 18.2. The summed E-state index contributed by atoms with van der Waals surface area (Å²) >= 11 is 0. The van der Waals surface area contributed by atoms with Crippen LogP contribution in [0.15, 0.2) is 60.9 Å². The summed E-state index contributed by atoms with van der Waals surface area (Å²) in [5.41, 5.74) is 4.73. The lowest BCUT2D eigenvalue weighted by Crippen LogP contribution is -1.95. The molecule has 0 aliphatic heterocycles. The molecule has 0 bridgehead atoms. The lowest BCUT2D eigenvalue weighted by molar-refractivity contribution is 1.24. The van der Waals surface area contributed by atoms with Gasteiger partial charge in [-0.15, -0.1) is 0 Å². The summed E-state index contributed by atoms with van der Waals surface area (Å²) in [6.07, 6.45) is 1.60. The van der Waals surface area contributed by atoms with Crippen molar-refractivity contribution in [3.05, 3.63) is 60.9 Å². The maximum Gasteiger partial charge on any atom is 0.160 e. The molecule has 2 aromatic heterocycles. The predicted molar refractivity (Wildman–Crippen MR) is 86.8 cm³/mol. The number of benzene rings is 3. The van der Waals surface area contributed by atoms with Crippen molar-refractivity contribution in [1.29, 1.82) is 0 Å². The molecule has 5 rings (SSSR count). The van der Waals surface area contributed by atoms with Crippen LogP contribution >= 0.6 is 0 Å². The quantitative estimate of drug-likeness (QED) is 0.438. The standard InChI is InChI=1S/C18H10N4/c1-2-4-11(5-3-1)18-21-14-8-6-12-16-13(20-10-19-12)7-9-15(22-18)17(14)16/h1-10H. The summed E-state index contributed by atoms with van der Waals surface area (Å²) in [6.45, 7) is 0. The molecular weight excluding hydrogens is 272 g/mol. The van der Waals surface area contributed by atoms with Gasteiger partial charge in [-0.3, -0.25) is 0 Å². The second kappa shape index (κ2) is 4.18. The van der Waals surface area contributed by atoms with Crippen molar-refractivity contribution in [2.45, 2.75) is 0 Å². The van der Waals surface area contributed by atoms with Crippen LogP contribution in [0.2, 0.25) is 0 Å². The molecule has 0 atom stereocenters. The highest BCUT2D eigenvalue weighted by Gasteiger charge is 2.13. The fraction of sp³-hybridized carbons (Fsp3) is 0. The highest BCUT2D eigenvalue weighted by atomic mass is 14.9. The van der Waals surface area contributed by atoms with Gasteiger partial charge in [0.05, 0.1) is 22.1 Å². The van der Waals surface area contributed by atoms with E-state index in [1.807, 2.05) is 54.6 Å². The molecular formula is C18H10N4. The van der Waals surface area contributed by atoms with E-state index in [0.29, 0.717) is 0 Å². The molecule has 0 saturated heterocycles. The van der Waals surface area contributed by atoms with Crippen LogP contribution in [-0.4, -0.2) is 19.9 Å². The number of rotatable bonds is 1. The highest BCUT2D eigenvalue weighted by molar-refractivity contribution is 6.19. The van der Waals surface area contributed by atoms with Gasteiger partial charge in [-0.25, -0.2) is 19.9 Å². The molecule has 2 heterocycles. The topological polar surface area (TPSA) is 51.6 Å². The molecule has 0 unspecified atom stereocenters. The van der Waals surface area contributed by atoms with Crippen LogP contribution in [0.5, 0.6) is 0 Å². The first-order valence-corrected chi connectivity index (χ1v) is 7.09. The van der Waals surface area contributed by atoms with E-state index in [9.17, 15) is 0 Å². The lowest BCUT2D eigenvalue weighted by atomic mass is 10.0. The Kier molecular flexibility index (Phi) is 2.19. The number of hydrogen-bond donors (Lipinski definition) is 0. The molecule has 102 valence electrons. The third kappa shape index (κ3) is 1.52. The first-order chi connectivity index (χ1) is 10.9. The van der Waals surface area contributed by atoms with Gasteiger partial charge >= 0.3 is 0 Å². The Morgan fingerprint density at radius 1 is 0.545 bits per heavy atom. The Morgan fingerprint density at radius 2 is 1.09 bits per heavy atom. The SMILES string of the molecule is c1ccc(-c2nc3ccc4ncnc5ccc(n2)c3c45)cc1. The minimum atomic E-state index is 0.743. The van der Waals surface area contributed by atoms with Crippen molar-refractivity contribution in [3.8, 4) is 11.4 Å². The summed E-state index contributed by atoms with van der Waals surface area (Å²) in [5.74, 6) is 0.743. The molecule has 0 radical (unpaired) electrons. The molecule has 3 aromatic carbocycles. The van der Waals surface area contributed by atoms with E-state index in [1.54, 1.807) is 6.33 Å². The fourth-order valence-electron chi connectivity index (χ4n) is 2.95. The van der Waals surface area contributed by atoms with Gasteiger partial charge in [-0.05, 0) is 24.3 Å². The second-order valence-corrected chi connectivity index (χ2v) is 5.24. The molecule has 4 nitrogen and oxygen atoms in total. The van der Waals surface area contributed by atoms with Crippen LogP contribution in [0, 0.1) is 0 Å². The normalized spacial score (nSPS) is 11.6. The van der Waals surface area contributed by atoms with Crippen LogP contribution < -0.4 is 0 Å². The molecule has 0 spiro atoms. The van der Waals surface area contributed by atoms with Crippen molar-refractivity contribution >= 4 is 32.8 Å². The third-order valence-electron chi connectivity index (χ3n) is 3.95.